The van der Waals surface area contributed by atoms with E-state index in [1.807, 2.05) is 12.4 Å². The molecule has 2 aromatic heterocycles. The molecule has 0 fully saturated rings. The number of nitrogens with one attached hydrogen (secondary N) is 1. The highest BCUT2D eigenvalue weighted by Gasteiger charge is 2.18. The quantitative estimate of drug-likeness (QED) is 0.915. The SMILES string of the molecule is C=Cn1cc(CNC(C)c2nnc3n2CCCCC3)cn1. The van der Waals surface area contributed by atoms with Gasteiger partial charge in [0.15, 0.2) is 0 Å². The van der Waals surface area contributed by atoms with E-state index >= 15 is 0 Å². The van der Waals surface area contributed by atoms with Crippen LogP contribution in [0.15, 0.2) is 19.0 Å². The lowest BCUT2D eigenvalue weighted by atomic mass is 10.2. The largest absolute Gasteiger partial charge is 0.314 e. The summed E-state index contributed by atoms with van der Waals surface area (Å²) in [5.74, 6) is 2.18. The first kappa shape index (κ1) is 14.0. The van der Waals surface area contributed by atoms with Crippen molar-refractivity contribution in [3.8, 4) is 0 Å². The Bertz CT molecular complexity index is 611. The number of aryl methyl sites for hydroxylation is 1. The van der Waals surface area contributed by atoms with Gasteiger partial charge in [-0.05, 0) is 19.8 Å². The summed E-state index contributed by atoms with van der Waals surface area (Å²) in [6, 6.07) is 0.177. The fraction of sp³-hybridized carbons (Fsp3) is 0.533. The van der Waals surface area contributed by atoms with E-state index in [0.29, 0.717) is 0 Å². The number of rotatable bonds is 5. The lowest BCUT2D eigenvalue weighted by Gasteiger charge is -2.14. The number of hydrogen-bond acceptors (Lipinski definition) is 4. The van der Waals surface area contributed by atoms with Gasteiger partial charge in [0.2, 0.25) is 0 Å². The molecule has 0 aromatic carbocycles. The average Bonchev–Trinajstić information content (AvgIpc) is 3.06. The summed E-state index contributed by atoms with van der Waals surface area (Å²) < 4.78 is 4.00. The molecular formula is C15H22N6. The zero-order valence-corrected chi connectivity index (χ0v) is 12.5. The maximum atomic E-state index is 4.39. The minimum atomic E-state index is 0.177. The third-order valence-electron chi connectivity index (χ3n) is 3.98. The van der Waals surface area contributed by atoms with E-state index < -0.39 is 0 Å². The molecular weight excluding hydrogens is 264 g/mol. The topological polar surface area (TPSA) is 60.6 Å². The van der Waals surface area contributed by atoms with Crippen LogP contribution in [0.25, 0.3) is 6.20 Å². The monoisotopic (exact) mass is 286 g/mol. The molecule has 6 heteroatoms. The average molecular weight is 286 g/mol. The van der Waals surface area contributed by atoms with Crippen LogP contribution < -0.4 is 5.32 Å². The third kappa shape index (κ3) is 3.05. The van der Waals surface area contributed by atoms with E-state index in [9.17, 15) is 0 Å². The van der Waals surface area contributed by atoms with Gasteiger partial charge in [-0.2, -0.15) is 5.10 Å². The normalized spacial score (nSPS) is 16.2. The Hall–Kier alpha value is -1.95. The molecule has 0 saturated heterocycles. The molecule has 3 heterocycles. The lowest BCUT2D eigenvalue weighted by molar-refractivity contribution is 0.502. The Morgan fingerprint density at radius 1 is 1.38 bits per heavy atom. The molecule has 1 atom stereocenters. The van der Waals surface area contributed by atoms with Crippen LogP contribution in [0.2, 0.25) is 0 Å². The van der Waals surface area contributed by atoms with E-state index in [-0.39, 0.29) is 6.04 Å². The standard InChI is InChI=1S/C15H22N6/c1-3-20-11-13(10-17-20)9-16-12(2)15-19-18-14-7-5-4-6-8-21(14)15/h3,10-12,16H,1,4-9H2,2H3. The molecule has 112 valence electrons. The summed E-state index contributed by atoms with van der Waals surface area (Å²) in [7, 11) is 0. The van der Waals surface area contributed by atoms with Gasteiger partial charge in [-0.25, -0.2) is 4.68 Å². The molecule has 1 N–H and O–H groups in total. The number of fused-ring (bicyclic) bond motifs is 1. The molecule has 6 nitrogen and oxygen atoms in total. The molecule has 1 aliphatic heterocycles. The second-order valence-electron chi connectivity index (χ2n) is 5.55. The van der Waals surface area contributed by atoms with Crippen molar-refractivity contribution < 1.29 is 0 Å². The first-order valence-electron chi connectivity index (χ1n) is 7.59. The lowest BCUT2D eigenvalue weighted by Crippen LogP contribution is -2.22. The van der Waals surface area contributed by atoms with Crippen molar-refractivity contribution in [3.63, 3.8) is 0 Å². The Kier molecular flexibility index (Phi) is 4.15. The second kappa shape index (κ2) is 6.22. The van der Waals surface area contributed by atoms with Crippen LogP contribution in [0.1, 0.15) is 49.4 Å². The first-order valence-corrected chi connectivity index (χ1v) is 7.59. The Labute approximate surface area is 124 Å². The van der Waals surface area contributed by atoms with Crippen molar-refractivity contribution in [1.82, 2.24) is 29.9 Å². The molecule has 1 aliphatic rings. The van der Waals surface area contributed by atoms with Crippen LogP contribution in [0.3, 0.4) is 0 Å². The fourth-order valence-electron chi connectivity index (χ4n) is 2.76. The predicted octanol–water partition coefficient (Wildman–Crippen LogP) is 2.15. The van der Waals surface area contributed by atoms with Gasteiger partial charge in [-0.1, -0.05) is 13.0 Å². The Balaban J connectivity index is 1.66. The van der Waals surface area contributed by atoms with Crippen LogP contribution in [-0.2, 0) is 19.5 Å². The Morgan fingerprint density at radius 3 is 3.10 bits per heavy atom. The van der Waals surface area contributed by atoms with Gasteiger partial charge in [0.05, 0.1) is 12.2 Å². The highest BCUT2D eigenvalue weighted by atomic mass is 15.3. The highest BCUT2D eigenvalue weighted by molar-refractivity contribution is 5.17. The number of hydrogen-bond donors (Lipinski definition) is 1. The van der Waals surface area contributed by atoms with Crippen molar-refractivity contribution >= 4 is 6.20 Å². The molecule has 0 amide bonds. The summed E-state index contributed by atoms with van der Waals surface area (Å²) in [5, 5.41) is 16.4. The molecule has 0 aliphatic carbocycles. The zero-order chi connectivity index (χ0) is 14.7. The van der Waals surface area contributed by atoms with Gasteiger partial charge < -0.3 is 9.88 Å². The third-order valence-corrected chi connectivity index (χ3v) is 3.98. The van der Waals surface area contributed by atoms with Crippen molar-refractivity contribution in [2.24, 2.45) is 0 Å². The molecule has 2 aromatic rings. The van der Waals surface area contributed by atoms with Crippen LogP contribution in [0.5, 0.6) is 0 Å². The second-order valence-corrected chi connectivity index (χ2v) is 5.55. The molecule has 0 bridgehead atoms. The molecule has 0 saturated carbocycles. The van der Waals surface area contributed by atoms with Crippen LogP contribution in [0.4, 0.5) is 0 Å². The first-order chi connectivity index (χ1) is 10.3. The summed E-state index contributed by atoms with van der Waals surface area (Å²) in [6.45, 7) is 7.64. The van der Waals surface area contributed by atoms with E-state index in [0.717, 1.165) is 36.7 Å². The van der Waals surface area contributed by atoms with E-state index in [2.05, 4.69) is 38.7 Å². The van der Waals surface area contributed by atoms with Gasteiger partial charge in [-0.3, -0.25) is 0 Å². The van der Waals surface area contributed by atoms with E-state index in [4.69, 9.17) is 0 Å². The maximum Gasteiger partial charge on any atom is 0.149 e. The van der Waals surface area contributed by atoms with E-state index in [1.165, 1.54) is 19.3 Å². The highest BCUT2D eigenvalue weighted by Crippen LogP contribution is 2.18. The van der Waals surface area contributed by atoms with E-state index in [1.54, 1.807) is 10.9 Å². The van der Waals surface area contributed by atoms with Crippen molar-refractivity contribution in [3.05, 3.63) is 36.2 Å². The zero-order valence-electron chi connectivity index (χ0n) is 12.5. The smallest absolute Gasteiger partial charge is 0.149 e. The van der Waals surface area contributed by atoms with Crippen molar-refractivity contribution in [2.45, 2.75) is 51.7 Å². The minimum Gasteiger partial charge on any atom is -0.314 e. The summed E-state index contributed by atoms with van der Waals surface area (Å²) >= 11 is 0. The minimum absolute atomic E-state index is 0.177. The van der Waals surface area contributed by atoms with Gasteiger partial charge in [0, 0.05) is 37.5 Å². The maximum absolute atomic E-state index is 4.39. The molecule has 21 heavy (non-hydrogen) atoms. The number of aromatic nitrogens is 5. The van der Waals surface area contributed by atoms with Crippen LogP contribution in [-0.4, -0.2) is 24.5 Å². The number of nitrogens with zero attached hydrogens (tertiary/aromatic N) is 5. The molecule has 0 spiro atoms. The van der Waals surface area contributed by atoms with Crippen LogP contribution >= 0.6 is 0 Å². The van der Waals surface area contributed by atoms with Crippen LogP contribution in [0, 0.1) is 0 Å². The van der Waals surface area contributed by atoms with Gasteiger partial charge in [0.1, 0.15) is 11.6 Å². The molecule has 3 rings (SSSR count). The van der Waals surface area contributed by atoms with Gasteiger partial charge in [0.25, 0.3) is 0 Å². The molecule has 0 radical (unpaired) electrons. The van der Waals surface area contributed by atoms with Gasteiger partial charge in [-0.15, -0.1) is 10.2 Å². The summed E-state index contributed by atoms with van der Waals surface area (Å²) in [4.78, 5) is 0. The van der Waals surface area contributed by atoms with Crippen molar-refractivity contribution in [2.75, 3.05) is 0 Å². The summed E-state index contributed by atoms with van der Waals surface area (Å²) in [6.07, 6.45) is 10.3. The van der Waals surface area contributed by atoms with Gasteiger partial charge >= 0.3 is 0 Å². The molecule has 1 unspecified atom stereocenters. The predicted molar refractivity (Wildman–Crippen MR) is 81.4 cm³/mol. The summed E-state index contributed by atoms with van der Waals surface area (Å²) in [5.41, 5.74) is 1.14. The Morgan fingerprint density at radius 2 is 2.29 bits per heavy atom. The van der Waals surface area contributed by atoms with Crippen molar-refractivity contribution in [1.29, 1.82) is 0 Å². The fourth-order valence-corrected chi connectivity index (χ4v) is 2.76.